The number of carbonyl (C=O) groups excluding carboxylic acids is 1. The average Bonchev–Trinajstić information content (AvgIpc) is 3.09. The van der Waals surface area contributed by atoms with Crippen LogP contribution in [0.4, 0.5) is 0 Å². The maximum absolute atomic E-state index is 13.2. The van der Waals surface area contributed by atoms with Gasteiger partial charge in [0, 0.05) is 6.42 Å². The van der Waals surface area contributed by atoms with Crippen LogP contribution in [0.3, 0.4) is 0 Å². The second kappa shape index (κ2) is 14.4. The molecule has 0 radical (unpaired) electrons. The van der Waals surface area contributed by atoms with E-state index in [1.165, 1.54) is 7.11 Å². The van der Waals surface area contributed by atoms with Crippen LogP contribution in [0.2, 0.25) is 10.1 Å². The molecule has 0 bridgehead atoms. The normalized spacial score (nSPS) is 22.0. The fourth-order valence-corrected chi connectivity index (χ4v) is 16.7. The zero-order valence-corrected chi connectivity index (χ0v) is 31.6. The Bertz CT molecular complexity index is 1580. The molecule has 2 N–H and O–H groups in total. The molecule has 0 amide bonds. The lowest BCUT2D eigenvalue weighted by Crippen LogP contribution is -2.71. The third-order valence-electron chi connectivity index (χ3n) is 9.72. The Morgan fingerprint density at radius 3 is 1.43 bits per heavy atom. The van der Waals surface area contributed by atoms with Gasteiger partial charge in [-0.3, -0.25) is 0 Å². The van der Waals surface area contributed by atoms with Crippen molar-refractivity contribution in [3.05, 3.63) is 121 Å². The van der Waals surface area contributed by atoms with Gasteiger partial charge < -0.3 is 28.5 Å². The monoisotopic (exact) mass is 698 g/mol. The van der Waals surface area contributed by atoms with E-state index in [1.807, 2.05) is 72.8 Å². The largest absolute Gasteiger partial charge is 0.465 e. The zero-order valence-electron chi connectivity index (χ0n) is 29.6. The summed E-state index contributed by atoms with van der Waals surface area (Å²) in [5, 5.41) is 27.4. The van der Waals surface area contributed by atoms with E-state index in [0.717, 1.165) is 20.7 Å². The molecule has 1 aliphatic rings. The number of hydrogen-bond acceptors (Lipinski definition) is 7. The fourth-order valence-electron chi connectivity index (χ4n) is 7.42. The molecule has 0 spiro atoms. The Morgan fingerprint density at radius 2 is 1.08 bits per heavy atom. The molecule has 4 atom stereocenters. The van der Waals surface area contributed by atoms with Crippen molar-refractivity contribution in [3.63, 3.8) is 0 Å². The minimum Gasteiger partial charge on any atom is -0.465 e. The Morgan fingerprint density at radius 1 is 0.714 bits per heavy atom. The van der Waals surface area contributed by atoms with Gasteiger partial charge in [-0.2, -0.15) is 0 Å². The van der Waals surface area contributed by atoms with E-state index >= 15 is 0 Å². The van der Waals surface area contributed by atoms with Crippen LogP contribution in [0.25, 0.3) is 0 Å². The fraction of sp³-hybridized carbons (Fsp3) is 0.375. The van der Waals surface area contributed by atoms with E-state index in [0.29, 0.717) is 0 Å². The standard InChI is InChI=1S/C40H50O7Si2/c1-38(2,3)48(30-20-12-8-13-21-30,31-22-14-9-15-23-31)45-29-35-36(41)34(28-40(43,46-35)37(42)44-7)47-49(39(4,5)6,32-24-16-10-17-25-32)33-26-18-11-19-27-33/h8-27,34-36,41,43H,28-29H2,1-7H3/t34-,35-,36+,40-/m1/s1. The number of aliphatic hydroxyl groups is 2. The second-order valence-corrected chi connectivity index (χ2v) is 23.5. The van der Waals surface area contributed by atoms with Crippen LogP contribution < -0.4 is 20.7 Å². The number of ether oxygens (including phenoxy) is 2. The first-order chi connectivity index (χ1) is 23.2. The van der Waals surface area contributed by atoms with Crippen molar-refractivity contribution in [2.24, 2.45) is 0 Å². The molecular weight excluding hydrogens is 649 g/mol. The number of benzene rings is 4. The van der Waals surface area contributed by atoms with Crippen molar-refractivity contribution >= 4 is 43.4 Å². The summed E-state index contributed by atoms with van der Waals surface area (Å²) < 4.78 is 25.6. The topological polar surface area (TPSA) is 94.5 Å². The van der Waals surface area contributed by atoms with Gasteiger partial charge >= 0.3 is 5.97 Å². The Labute approximate surface area is 293 Å². The third kappa shape index (κ3) is 6.99. The second-order valence-electron chi connectivity index (χ2n) is 14.9. The van der Waals surface area contributed by atoms with Crippen molar-refractivity contribution in [2.75, 3.05) is 13.7 Å². The Hall–Kier alpha value is -3.42. The predicted octanol–water partition coefficient (Wildman–Crippen LogP) is 4.52. The van der Waals surface area contributed by atoms with Crippen LogP contribution in [0.1, 0.15) is 48.0 Å². The summed E-state index contributed by atoms with van der Waals surface area (Å²) in [5.74, 6) is -3.32. The van der Waals surface area contributed by atoms with Gasteiger partial charge in [0.25, 0.3) is 22.4 Å². The number of methoxy groups -OCH3 is 1. The lowest BCUT2D eigenvalue weighted by molar-refractivity contribution is -0.296. The van der Waals surface area contributed by atoms with Crippen LogP contribution in [0, 0.1) is 0 Å². The average molecular weight is 699 g/mol. The van der Waals surface area contributed by atoms with Gasteiger partial charge in [0.05, 0.1) is 19.8 Å². The predicted molar refractivity (Wildman–Crippen MR) is 199 cm³/mol. The quantitative estimate of drug-likeness (QED) is 0.186. The molecule has 0 saturated carbocycles. The number of esters is 1. The molecule has 1 heterocycles. The highest BCUT2D eigenvalue weighted by Gasteiger charge is 2.59. The lowest BCUT2D eigenvalue weighted by atomic mass is 9.96. The molecule has 260 valence electrons. The van der Waals surface area contributed by atoms with Crippen LogP contribution in [-0.4, -0.2) is 70.6 Å². The maximum atomic E-state index is 13.2. The Kier molecular flexibility index (Phi) is 10.9. The van der Waals surface area contributed by atoms with E-state index in [-0.39, 0.29) is 18.1 Å². The van der Waals surface area contributed by atoms with Gasteiger partial charge in [-0.05, 0) is 30.8 Å². The van der Waals surface area contributed by atoms with E-state index in [2.05, 4.69) is 90.1 Å². The summed E-state index contributed by atoms with van der Waals surface area (Å²) >= 11 is 0. The van der Waals surface area contributed by atoms with E-state index in [4.69, 9.17) is 18.3 Å². The van der Waals surface area contributed by atoms with Crippen molar-refractivity contribution in [2.45, 2.75) is 82.1 Å². The molecule has 4 aromatic carbocycles. The van der Waals surface area contributed by atoms with Crippen LogP contribution in [0.5, 0.6) is 0 Å². The van der Waals surface area contributed by atoms with Crippen molar-refractivity contribution < 1.29 is 33.3 Å². The highest BCUT2D eigenvalue weighted by Crippen LogP contribution is 2.42. The summed E-state index contributed by atoms with van der Waals surface area (Å²) in [6, 6.07) is 40.4. The van der Waals surface area contributed by atoms with E-state index in [9.17, 15) is 15.0 Å². The van der Waals surface area contributed by atoms with Crippen molar-refractivity contribution in [1.29, 1.82) is 0 Å². The summed E-state index contributed by atoms with van der Waals surface area (Å²) in [5.41, 5.74) is 0. The van der Waals surface area contributed by atoms with Crippen molar-refractivity contribution in [3.8, 4) is 0 Å². The maximum Gasteiger partial charge on any atom is 0.366 e. The minimum atomic E-state index is -3.22. The first kappa shape index (κ1) is 36.9. The van der Waals surface area contributed by atoms with Gasteiger partial charge in [0.1, 0.15) is 12.2 Å². The third-order valence-corrected chi connectivity index (χ3v) is 19.8. The van der Waals surface area contributed by atoms with E-state index < -0.39 is 51.7 Å². The highest BCUT2D eigenvalue weighted by molar-refractivity contribution is 7.00. The zero-order chi connectivity index (χ0) is 35.5. The smallest absolute Gasteiger partial charge is 0.366 e. The minimum absolute atomic E-state index is 0.103. The molecule has 5 rings (SSSR count). The number of rotatable bonds is 10. The summed E-state index contributed by atoms with van der Waals surface area (Å²) in [4.78, 5) is 13.2. The number of hydrogen-bond donors (Lipinski definition) is 2. The highest BCUT2D eigenvalue weighted by atomic mass is 28.4. The summed E-state index contributed by atoms with van der Waals surface area (Å²) in [6.07, 6.45) is -3.69. The Balaban J connectivity index is 1.61. The molecule has 1 saturated heterocycles. The SMILES string of the molecule is COC(=O)[C@@]1(O)C[C@@H](O[Si](c2ccccc2)(c2ccccc2)C(C)(C)C)[C@H](O)[C@@H](CO[Si](c2ccccc2)(c2ccccc2)C(C)(C)C)O1. The molecule has 7 nitrogen and oxygen atoms in total. The molecular formula is C40H50O7Si2. The molecule has 4 aromatic rings. The van der Waals surface area contributed by atoms with Gasteiger partial charge in [-0.1, -0.05) is 163 Å². The van der Waals surface area contributed by atoms with Gasteiger partial charge in [0.15, 0.2) is 0 Å². The number of carbonyl (C=O) groups is 1. The molecule has 1 fully saturated rings. The summed E-state index contributed by atoms with van der Waals surface area (Å²) in [6.45, 7) is 12.8. The molecule has 49 heavy (non-hydrogen) atoms. The summed E-state index contributed by atoms with van der Waals surface area (Å²) in [7, 11) is -5.08. The number of aliphatic hydroxyl groups excluding tert-OH is 1. The van der Waals surface area contributed by atoms with Crippen molar-refractivity contribution in [1.82, 2.24) is 0 Å². The van der Waals surface area contributed by atoms with E-state index in [1.54, 1.807) is 0 Å². The van der Waals surface area contributed by atoms with Gasteiger partial charge in [-0.15, -0.1) is 0 Å². The molecule has 0 unspecified atom stereocenters. The first-order valence-electron chi connectivity index (χ1n) is 16.9. The van der Waals surface area contributed by atoms with Crippen LogP contribution >= 0.6 is 0 Å². The van der Waals surface area contributed by atoms with Crippen LogP contribution in [-0.2, 0) is 23.1 Å². The van der Waals surface area contributed by atoms with Gasteiger partial charge in [-0.25, -0.2) is 4.79 Å². The molecule has 0 aliphatic carbocycles. The molecule has 1 aliphatic heterocycles. The first-order valence-corrected chi connectivity index (χ1v) is 20.7. The van der Waals surface area contributed by atoms with Gasteiger partial charge in [0.2, 0.25) is 0 Å². The van der Waals surface area contributed by atoms with Crippen LogP contribution in [0.15, 0.2) is 121 Å². The molecule has 9 heteroatoms. The molecule has 0 aromatic heterocycles. The lowest BCUT2D eigenvalue weighted by Gasteiger charge is -2.50.